The van der Waals surface area contributed by atoms with Crippen LogP contribution in [0.2, 0.25) is 0 Å². The molecule has 0 aromatic carbocycles. The zero-order valence-corrected chi connectivity index (χ0v) is 25.2. The van der Waals surface area contributed by atoms with Gasteiger partial charge in [0.1, 0.15) is 0 Å². The summed E-state index contributed by atoms with van der Waals surface area (Å²) < 4.78 is 32.2. The second-order valence-corrected chi connectivity index (χ2v) is 14.3. The molecular weight excluding hydrogens is 493 g/mol. The molecule has 4 unspecified atom stereocenters. The summed E-state index contributed by atoms with van der Waals surface area (Å²) in [5.41, 5.74) is -0.158. The minimum Gasteiger partial charge on any atom is -0.748 e. The van der Waals surface area contributed by atoms with E-state index in [2.05, 4.69) is 26.1 Å². The zero-order valence-electron chi connectivity index (χ0n) is 22.4. The Labute approximate surface area is 238 Å². The fraction of sp³-hybridized carbons (Fsp3) is 0.962. The first-order valence-corrected chi connectivity index (χ1v) is 15.1. The van der Waals surface area contributed by atoms with Crippen LogP contribution in [0, 0.1) is 46.3 Å². The number of amides is 1. The van der Waals surface area contributed by atoms with E-state index in [0.717, 1.165) is 25.7 Å². The summed E-state index contributed by atoms with van der Waals surface area (Å²) in [7, 11) is -4.34. The third kappa shape index (κ3) is 5.88. The number of rotatable bonds is 7. The average Bonchev–Trinajstić information content (AvgIpc) is 3.08. The van der Waals surface area contributed by atoms with Gasteiger partial charge in [-0.2, -0.15) is 0 Å². The van der Waals surface area contributed by atoms with Crippen molar-refractivity contribution >= 4 is 16.0 Å². The molecule has 0 saturated heterocycles. The van der Waals surface area contributed by atoms with Gasteiger partial charge < -0.3 is 25.2 Å². The Morgan fingerprint density at radius 2 is 1.78 bits per heavy atom. The summed E-state index contributed by atoms with van der Waals surface area (Å²) in [5.74, 6) is 0.434. The van der Waals surface area contributed by atoms with E-state index in [1.165, 1.54) is 0 Å². The van der Waals surface area contributed by atoms with Crippen LogP contribution >= 0.6 is 0 Å². The first-order chi connectivity index (χ1) is 16.3. The molecule has 0 bridgehead atoms. The molecule has 10 heteroatoms. The molecule has 4 rings (SSSR count). The van der Waals surface area contributed by atoms with Gasteiger partial charge in [0, 0.05) is 13.0 Å². The summed E-state index contributed by atoms with van der Waals surface area (Å²) in [6.45, 7) is 6.55. The molecule has 0 aliphatic heterocycles. The van der Waals surface area contributed by atoms with Crippen LogP contribution in [0.5, 0.6) is 0 Å². The maximum absolute atomic E-state index is 12.2. The van der Waals surface area contributed by atoms with Crippen molar-refractivity contribution in [3.05, 3.63) is 0 Å². The molecular formula is C26H44NNaO7S. The van der Waals surface area contributed by atoms with E-state index in [1.807, 2.05) is 0 Å². The Kier molecular flexibility index (Phi) is 9.75. The van der Waals surface area contributed by atoms with Crippen LogP contribution in [0.1, 0.15) is 78.6 Å². The minimum atomic E-state index is -4.34. The molecule has 4 saturated carbocycles. The van der Waals surface area contributed by atoms with E-state index >= 15 is 0 Å². The predicted molar refractivity (Wildman–Crippen MR) is 130 cm³/mol. The van der Waals surface area contributed by atoms with Crippen molar-refractivity contribution in [1.29, 1.82) is 0 Å². The molecule has 4 aliphatic carbocycles. The van der Waals surface area contributed by atoms with E-state index in [4.69, 9.17) is 0 Å². The minimum absolute atomic E-state index is 0. The largest absolute Gasteiger partial charge is 1.00 e. The monoisotopic (exact) mass is 537 g/mol. The summed E-state index contributed by atoms with van der Waals surface area (Å²) >= 11 is 0. The third-order valence-corrected chi connectivity index (χ3v) is 11.6. The predicted octanol–water partition coefficient (Wildman–Crippen LogP) is -0.970. The number of aliphatic hydroxyl groups is 3. The number of carbonyl (C=O) groups is 1. The number of hydrogen-bond donors (Lipinski definition) is 4. The summed E-state index contributed by atoms with van der Waals surface area (Å²) in [6.07, 6.45) is 5.52. The van der Waals surface area contributed by atoms with E-state index in [1.54, 1.807) is 0 Å². The Bertz CT molecular complexity index is 903. The summed E-state index contributed by atoms with van der Waals surface area (Å²) in [4.78, 5) is 12.2. The topological polar surface area (TPSA) is 147 Å². The Hall–Kier alpha value is 0.260. The Morgan fingerprint density at radius 3 is 2.44 bits per heavy atom. The molecule has 0 spiro atoms. The van der Waals surface area contributed by atoms with Crippen LogP contribution in [0.4, 0.5) is 0 Å². The molecule has 1 amide bonds. The van der Waals surface area contributed by atoms with Gasteiger partial charge in [0.05, 0.1) is 34.2 Å². The third-order valence-electron chi connectivity index (χ3n) is 10.9. The second-order valence-electron chi connectivity index (χ2n) is 12.7. The van der Waals surface area contributed by atoms with Crippen molar-refractivity contribution in [2.75, 3.05) is 12.3 Å². The molecule has 11 atom stereocenters. The number of aliphatic hydroxyl groups excluding tert-OH is 3. The van der Waals surface area contributed by atoms with Crippen LogP contribution in [-0.2, 0) is 14.9 Å². The van der Waals surface area contributed by atoms with Crippen LogP contribution in [-0.4, -0.2) is 64.8 Å². The van der Waals surface area contributed by atoms with Crippen LogP contribution in [0.15, 0.2) is 0 Å². The van der Waals surface area contributed by atoms with Gasteiger partial charge in [0.15, 0.2) is 0 Å². The fourth-order valence-electron chi connectivity index (χ4n) is 9.25. The van der Waals surface area contributed by atoms with Crippen molar-refractivity contribution in [3.63, 3.8) is 0 Å². The first kappa shape index (κ1) is 30.8. The maximum Gasteiger partial charge on any atom is 1.00 e. The first-order valence-electron chi connectivity index (χ1n) is 13.5. The van der Waals surface area contributed by atoms with E-state index in [0.29, 0.717) is 37.5 Å². The van der Waals surface area contributed by atoms with Gasteiger partial charge in [-0.3, -0.25) is 4.79 Å². The van der Waals surface area contributed by atoms with Crippen molar-refractivity contribution < 1.29 is 62.6 Å². The van der Waals surface area contributed by atoms with Crippen molar-refractivity contribution in [1.82, 2.24) is 5.32 Å². The van der Waals surface area contributed by atoms with Gasteiger partial charge in [-0.1, -0.05) is 20.8 Å². The molecule has 0 radical (unpaired) electrons. The Balaban J connectivity index is 0.00000361. The van der Waals surface area contributed by atoms with Gasteiger partial charge in [0.2, 0.25) is 5.91 Å². The average molecular weight is 538 g/mol. The molecule has 4 N–H and O–H groups in total. The van der Waals surface area contributed by atoms with Crippen molar-refractivity contribution in [3.8, 4) is 0 Å². The van der Waals surface area contributed by atoms with Crippen molar-refractivity contribution in [2.24, 2.45) is 46.3 Å². The van der Waals surface area contributed by atoms with E-state index in [9.17, 15) is 33.1 Å². The molecule has 0 aromatic heterocycles. The van der Waals surface area contributed by atoms with Gasteiger partial charge in [-0.15, -0.1) is 0 Å². The normalized spacial score (nSPS) is 45.0. The smallest absolute Gasteiger partial charge is 0.748 e. The molecule has 8 nitrogen and oxygen atoms in total. The SMILES string of the molecule is C[C@H](CCC(=O)NCCS(=O)(=O)[O-])[C@H]1CCC2C3C([C@H](O)C[C@@]21C)[C@@]1(C)CC[C@@H](O)CC1C[C@H]3O.[Na+]. The molecule has 202 valence electrons. The Morgan fingerprint density at radius 1 is 1.08 bits per heavy atom. The second kappa shape index (κ2) is 11.4. The number of fused-ring (bicyclic) bond motifs is 5. The molecule has 4 aliphatic rings. The zero-order chi connectivity index (χ0) is 25.8. The summed E-state index contributed by atoms with van der Waals surface area (Å²) in [6, 6.07) is 0. The van der Waals surface area contributed by atoms with Gasteiger partial charge >= 0.3 is 29.6 Å². The van der Waals surface area contributed by atoms with Gasteiger partial charge in [0.25, 0.3) is 0 Å². The summed E-state index contributed by atoms with van der Waals surface area (Å²) in [5, 5.41) is 35.7. The number of hydrogen-bond acceptors (Lipinski definition) is 7. The molecule has 36 heavy (non-hydrogen) atoms. The van der Waals surface area contributed by atoms with Crippen molar-refractivity contribution in [2.45, 2.75) is 96.9 Å². The van der Waals surface area contributed by atoms with E-state index in [-0.39, 0.29) is 89.0 Å². The van der Waals surface area contributed by atoms with Crippen LogP contribution < -0.4 is 34.9 Å². The molecule has 0 heterocycles. The quantitative estimate of drug-likeness (QED) is 0.241. The maximum atomic E-state index is 12.2. The van der Waals surface area contributed by atoms with Crippen LogP contribution in [0.3, 0.4) is 0 Å². The molecule has 0 aromatic rings. The standard InChI is InChI=1S/C26H45NO7S.Na/c1-15(4-7-22(31)27-10-11-35(32,33)34)18-5-6-19-23-20(29)13-16-12-17(28)8-9-25(16,2)24(23)21(30)14-26(18,19)3;/h15-21,23-24,28-30H,4-14H2,1-3H3,(H,27,31)(H,32,33,34);/q;+1/p-1/t15-,16?,17-,18-,19?,20-,21-,23?,24?,25+,26-;/m1./s1. The van der Waals surface area contributed by atoms with Crippen LogP contribution in [0.25, 0.3) is 0 Å². The van der Waals surface area contributed by atoms with E-state index < -0.39 is 28.1 Å². The molecule has 4 fully saturated rings. The van der Waals surface area contributed by atoms with Gasteiger partial charge in [-0.05, 0) is 97.7 Å². The van der Waals surface area contributed by atoms with Gasteiger partial charge in [-0.25, -0.2) is 8.42 Å². The fourth-order valence-corrected chi connectivity index (χ4v) is 9.60. The number of nitrogens with one attached hydrogen (secondary N) is 1. The number of carbonyl (C=O) groups excluding carboxylic acids is 1.